The monoisotopic (exact) mass is 912 g/mol. The van der Waals surface area contributed by atoms with E-state index in [1.165, 1.54) is 0 Å². The molecular weight excluding hydrogens is 849 g/mol. The number of nitrogens with one attached hydrogen (secondary N) is 4. The number of alkyl carbamates (subject to hydrolysis) is 1. The number of rotatable bonds is 29. The number of ketones is 1. The molecule has 1 heterocycles. The number of benzene rings is 3. The number of nitrogens with two attached hydrogens (primary N) is 1. The molecule has 0 fully saturated rings. The molecule has 66 heavy (non-hydrogen) atoms. The normalized spacial score (nSPS) is 12.5. The van der Waals surface area contributed by atoms with Crippen LogP contribution in [0.15, 0.2) is 72.8 Å². The van der Waals surface area contributed by atoms with Gasteiger partial charge in [0.2, 0.25) is 23.6 Å². The van der Waals surface area contributed by atoms with Gasteiger partial charge in [-0.2, -0.15) is 0 Å². The van der Waals surface area contributed by atoms with E-state index in [0.29, 0.717) is 58.4 Å². The molecule has 0 saturated carbocycles. The van der Waals surface area contributed by atoms with Gasteiger partial charge in [0.15, 0.2) is 0 Å². The first-order valence-electron chi connectivity index (χ1n) is 22.3. The van der Waals surface area contributed by atoms with Crippen molar-refractivity contribution in [3.63, 3.8) is 0 Å². The summed E-state index contributed by atoms with van der Waals surface area (Å²) in [5.41, 5.74) is 9.96. The van der Waals surface area contributed by atoms with Gasteiger partial charge in [-0.15, -0.1) is 0 Å². The summed E-state index contributed by atoms with van der Waals surface area (Å²) in [7, 11) is 0. The van der Waals surface area contributed by atoms with Crippen LogP contribution in [0.5, 0.6) is 0 Å². The Labute approximate surface area is 387 Å². The summed E-state index contributed by atoms with van der Waals surface area (Å²) in [6, 6.07) is 21.2. The van der Waals surface area contributed by atoms with Crippen molar-refractivity contribution in [2.75, 3.05) is 82.7 Å². The smallest absolute Gasteiger partial charge is 0.407 e. The molecular formula is C49H64N6O11. The zero-order valence-electron chi connectivity index (χ0n) is 38.2. The van der Waals surface area contributed by atoms with Crippen molar-refractivity contribution in [2.24, 2.45) is 17.6 Å². The Morgan fingerprint density at radius 2 is 1.29 bits per heavy atom. The molecule has 2 atom stereocenters. The SMILES string of the molecule is CC(C)[C@H](CC(=O)CCOCCOCCOCCOCCC(=O)NCCC(=O)N1Cc2ccccc2C#Cc2ccccc21)C(=O)N[C@@H](C)C(=O)Nc1ccc(COC(=O)NCCN)cc1. The van der Waals surface area contributed by atoms with E-state index in [9.17, 15) is 28.8 Å². The van der Waals surface area contributed by atoms with Gasteiger partial charge < -0.3 is 55.6 Å². The summed E-state index contributed by atoms with van der Waals surface area (Å²) < 4.78 is 27.2. The first-order chi connectivity index (χ1) is 31.9. The minimum absolute atomic E-state index is 0.0182. The fraction of sp³-hybridized carbons (Fsp3) is 0.469. The number of hydrogen-bond donors (Lipinski definition) is 5. The quantitative estimate of drug-likeness (QED) is 0.0495. The van der Waals surface area contributed by atoms with Gasteiger partial charge in [0.1, 0.15) is 18.4 Å². The van der Waals surface area contributed by atoms with Crippen LogP contribution in [0.2, 0.25) is 0 Å². The number of nitrogens with zero attached hydrogens (tertiary/aromatic N) is 1. The first kappa shape index (κ1) is 52.5. The highest BCUT2D eigenvalue weighted by molar-refractivity contribution is 5.98. The number of carbonyl (C=O) groups excluding carboxylic acids is 6. The Morgan fingerprint density at radius 3 is 1.95 bits per heavy atom. The molecule has 0 unspecified atom stereocenters. The topological polar surface area (TPSA) is 226 Å². The van der Waals surface area contributed by atoms with Gasteiger partial charge >= 0.3 is 6.09 Å². The Kier molecular flexibility index (Phi) is 23.4. The highest BCUT2D eigenvalue weighted by atomic mass is 16.6. The lowest BCUT2D eigenvalue weighted by Crippen LogP contribution is -2.45. The summed E-state index contributed by atoms with van der Waals surface area (Å²) in [5.74, 6) is 4.39. The van der Waals surface area contributed by atoms with E-state index >= 15 is 0 Å². The largest absolute Gasteiger partial charge is 0.445 e. The fourth-order valence-electron chi connectivity index (χ4n) is 6.53. The number of carbonyl (C=O) groups is 6. The molecule has 356 valence electrons. The lowest BCUT2D eigenvalue weighted by atomic mass is 9.89. The van der Waals surface area contributed by atoms with E-state index in [-0.39, 0.29) is 88.1 Å². The van der Waals surface area contributed by atoms with Crippen LogP contribution >= 0.6 is 0 Å². The summed E-state index contributed by atoms with van der Waals surface area (Å²) in [5, 5.41) is 10.8. The maximum Gasteiger partial charge on any atom is 0.407 e. The van der Waals surface area contributed by atoms with E-state index in [1.807, 2.05) is 62.4 Å². The molecule has 0 aromatic heterocycles. The van der Waals surface area contributed by atoms with Crippen molar-refractivity contribution in [3.05, 3.63) is 95.1 Å². The molecule has 17 heteroatoms. The zero-order valence-corrected chi connectivity index (χ0v) is 38.2. The maximum absolute atomic E-state index is 13.3. The molecule has 3 aromatic carbocycles. The van der Waals surface area contributed by atoms with Crippen LogP contribution < -0.4 is 31.9 Å². The van der Waals surface area contributed by atoms with Gasteiger partial charge in [0, 0.05) is 68.0 Å². The summed E-state index contributed by atoms with van der Waals surface area (Å²) in [6.07, 6.45) is -0.121. The second-order valence-electron chi connectivity index (χ2n) is 15.8. The zero-order chi connectivity index (χ0) is 47.5. The minimum Gasteiger partial charge on any atom is -0.445 e. The lowest BCUT2D eigenvalue weighted by Gasteiger charge is -2.26. The number of hydrogen-bond acceptors (Lipinski definition) is 12. The molecule has 6 N–H and O–H groups in total. The van der Waals surface area contributed by atoms with Crippen LogP contribution in [0, 0.1) is 23.7 Å². The van der Waals surface area contributed by atoms with Crippen LogP contribution in [0.4, 0.5) is 16.2 Å². The maximum atomic E-state index is 13.3. The predicted molar refractivity (Wildman–Crippen MR) is 248 cm³/mol. The van der Waals surface area contributed by atoms with Crippen molar-refractivity contribution in [1.82, 2.24) is 16.0 Å². The number of Topliss-reactive ketones (excluding diaryl/α,β-unsaturated/α-hetero) is 1. The number of ether oxygens (including phenoxy) is 5. The fourth-order valence-corrected chi connectivity index (χ4v) is 6.53. The molecule has 17 nitrogen and oxygen atoms in total. The first-order valence-corrected chi connectivity index (χ1v) is 22.3. The molecule has 4 rings (SSSR count). The van der Waals surface area contributed by atoms with Gasteiger partial charge in [0.25, 0.3) is 0 Å². The van der Waals surface area contributed by atoms with Crippen LogP contribution in [-0.4, -0.2) is 114 Å². The van der Waals surface area contributed by atoms with Crippen LogP contribution in [0.3, 0.4) is 0 Å². The van der Waals surface area contributed by atoms with E-state index < -0.39 is 24.0 Å². The number of amides is 5. The highest BCUT2D eigenvalue weighted by Crippen LogP contribution is 2.26. The Morgan fingerprint density at radius 1 is 0.682 bits per heavy atom. The van der Waals surface area contributed by atoms with E-state index in [0.717, 1.165) is 27.9 Å². The number of anilines is 2. The van der Waals surface area contributed by atoms with Crippen molar-refractivity contribution < 1.29 is 52.5 Å². The molecule has 0 saturated heterocycles. The second kappa shape index (κ2) is 29.4. The van der Waals surface area contributed by atoms with Gasteiger partial charge in [0.05, 0.1) is 65.1 Å². The lowest BCUT2D eigenvalue weighted by molar-refractivity contribution is -0.133. The van der Waals surface area contributed by atoms with Gasteiger partial charge in [-0.25, -0.2) is 4.79 Å². The molecule has 0 spiro atoms. The highest BCUT2D eigenvalue weighted by Gasteiger charge is 2.28. The average Bonchev–Trinajstić information content (AvgIpc) is 3.30. The van der Waals surface area contributed by atoms with Crippen LogP contribution in [-0.2, 0) is 60.8 Å². The summed E-state index contributed by atoms with van der Waals surface area (Å²) >= 11 is 0. The van der Waals surface area contributed by atoms with Gasteiger partial charge in [-0.1, -0.05) is 68.2 Å². The molecule has 3 aromatic rings. The molecule has 0 bridgehead atoms. The van der Waals surface area contributed by atoms with Crippen molar-refractivity contribution >= 4 is 46.9 Å². The molecule has 0 aliphatic carbocycles. The van der Waals surface area contributed by atoms with Gasteiger partial charge in [-0.05, 0) is 54.3 Å². The molecule has 1 aliphatic rings. The molecule has 1 aliphatic heterocycles. The third-order valence-corrected chi connectivity index (χ3v) is 10.3. The summed E-state index contributed by atoms with van der Waals surface area (Å²) in [6.45, 7) is 8.86. The van der Waals surface area contributed by atoms with E-state index in [4.69, 9.17) is 29.4 Å². The third-order valence-electron chi connectivity index (χ3n) is 10.3. The van der Waals surface area contributed by atoms with Gasteiger partial charge in [-0.3, -0.25) is 24.0 Å². The Balaban J connectivity index is 0.972. The molecule has 5 amide bonds. The van der Waals surface area contributed by atoms with Crippen LogP contribution in [0.1, 0.15) is 68.7 Å². The van der Waals surface area contributed by atoms with Crippen molar-refractivity contribution in [3.8, 4) is 11.8 Å². The average molecular weight is 913 g/mol. The number of para-hydroxylation sites is 1. The van der Waals surface area contributed by atoms with E-state index in [2.05, 4.69) is 33.1 Å². The van der Waals surface area contributed by atoms with Crippen LogP contribution in [0.25, 0.3) is 0 Å². The van der Waals surface area contributed by atoms with Crippen molar-refractivity contribution in [2.45, 2.75) is 65.6 Å². The third kappa shape index (κ3) is 19.1. The minimum atomic E-state index is -0.858. The summed E-state index contributed by atoms with van der Waals surface area (Å²) in [4.78, 5) is 77.7. The number of fused-ring (bicyclic) bond motifs is 2. The van der Waals surface area contributed by atoms with E-state index in [1.54, 1.807) is 36.1 Å². The standard InChI is InChI=1S/C49H64N6O11/c1-35(2)43(48(60)53-36(3)47(59)54-41-16-12-37(13-17-41)34-66-49(61)52-23-21-50)32-42(56)19-24-62-26-28-64-30-31-65-29-27-63-25-20-45(57)51-22-18-46(58)55-33-40-10-5-4-8-38(40)14-15-39-9-6-7-11-44(39)55/h4-13,16-17,35-36,43H,18-34,50H2,1-3H3,(H,51,57)(H,52,61)(H,53,60)(H,54,59)/t36-,43-/m0/s1. The second-order valence-corrected chi connectivity index (χ2v) is 15.8. The Bertz CT molecular complexity index is 2100. The molecule has 0 radical (unpaired) electrons. The van der Waals surface area contributed by atoms with Crippen molar-refractivity contribution in [1.29, 1.82) is 0 Å². The predicted octanol–water partition coefficient (Wildman–Crippen LogP) is 3.85. The Hall–Kier alpha value is -6.16.